The van der Waals surface area contributed by atoms with Gasteiger partial charge in [-0.15, -0.1) is 11.8 Å². The third-order valence-corrected chi connectivity index (χ3v) is 5.32. The largest absolute Gasteiger partial charge is 0.384 e. The van der Waals surface area contributed by atoms with Crippen LogP contribution in [0.4, 0.5) is 5.82 Å². The van der Waals surface area contributed by atoms with Gasteiger partial charge in [-0.25, -0.2) is 4.79 Å². The van der Waals surface area contributed by atoms with E-state index in [0.717, 1.165) is 11.8 Å². The number of Topliss-reactive ketones (excluding diaryl/α,β-unsaturated/α-hetero) is 1. The van der Waals surface area contributed by atoms with Crippen LogP contribution in [0.15, 0.2) is 32.7 Å². The number of aromatic amines is 1. The SMILES string of the molecule is CC(C)Cn1c(N)c(C(=O)CSc2c(Cl)cccc2Cl)c(=O)[nH]c1=O. The van der Waals surface area contributed by atoms with Crippen LogP contribution in [0.1, 0.15) is 24.2 Å². The molecule has 0 aliphatic carbocycles. The van der Waals surface area contributed by atoms with E-state index in [1.165, 1.54) is 4.57 Å². The average molecular weight is 402 g/mol. The number of hydrogen-bond donors (Lipinski definition) is 2. The van der Waals surface area contributed by atoms with E-state index in [1.807, 2.05) is 13.8 Å². The zero-order chi connectivity index (χ0) is 18.7. The van der Waals surface area contributed by atoms with Gasteiger partial charge in [-0.05, 0) is 18.1 Å². The molecule has 3 N–H and O–H groups in total. The fourth-order valence-electron chi connectivity index (χ4n) is 2.23. The summed E-state index contributed by atoms with van der Waals surface area (Å²) in [6, 6.07) is 5.01. The van der Waals surface area contributed by atoms with Gasteiger partial charge in [-0.2, -0.15) is 0 Å². The Morgan fingerprint density at radius 2 is 1.88 bits per heavy atom. The predicted octanol–water partition coefficient (Wildman–Crippen LogP) is 3.06. The van der Waals surface area contributed by atoms with Gasteiger partial charge in [0.15, 0.2) is 5.78 Å². The van der Waals surface area contributed by atoms with Crippen molar-refractivity contribution in [1.82, 2.24) is 9.55 Å². The Labute approximate surface area is 158 Å². The number of ketones is 1. The Hall–Kier alpha value is -1.70. The molecule has 0 spiro atoms. The van der Waals surface area contributed by atoms with Crippen LogP contribution in [-0.2, 0) is 6.54 Å². The molecular weight excluding hydrogens is 385 g/mol. The molecule has 134 valence electrons. The molecule has 0 saturated carbocycles. The van der Waals surface area contributed by atoms with E-state index in [2.05, 4.69) is 4.98 Å². The number of anilines is 1. The molecule has 0 unspecified atom stereocenters. The van der Waals surface area contributed by atoms with Gasteiger partial charge < -0.3 is 5.73 Å². The van der Waals surface area contributed by atoms with Crippen molar-refractivity contribution in [3.8, 4) is 0 Å². The fourth-order valence-corrected chi connectivity index (χ4v) is 3.79. The number of benzene rings is 1. The second-order valence-corrected chi connectivity index (χ2v) is 7.59. The molecule has 2 aromatic rings. The van der Waals surface area contributed by atoms with E-state index in [0.29, 0.717) is 21.5 Å². The second kappa shape index (κ2) is 8.12. The van der Waals surface area contributed by atoms with Crippen LogP contribution in [-0.4, -0.2) is 21.1 Å². The van der Waals surface area contributed by atoms with Crippen LogP contribution >= 0.6 is 35.0 Å². The van der Waals surface area contributed by atoms with Gasteiger partial charge in [0.1, 0.15) is 11.4 Å². The number of hydrogen-bond acceptors (Lipinski definition) is 5. The van der Waals surface area contributed by atoms with Crippen molar-refractivity contribution < 1.29 is 4.79 Å². The number of thioether (sulfide) groups is 1. The molecule has 0 aliphatic heterocycles. The Morgan fingerprint density at radius 3 is 2.44 bits per heavy atom. The van der Waals surface area contributed by atoms with E-state index in [1.54, 1.807) is 18.2 Å². The lowest BCUT2D eigenvalue weighted by atomic mass is 10.2. The van der Waals surface area contributed by atoms with Crippen molar-refractivity contribution in [1.29, 1.82) is 0 Å². The minimum Gasteiger partial charge on any atom is -0.384 e. The highest BCUT2D eigenvalue weighted by Crippen LogP contribution is 2.34. The summed E-state index contributed by atoms with van der Waals surface area (Å²) in [5, 5.41) is 0.828. The monoisotopic (exact) mass is 401 g/mol. The summed E-state index contributed by atoms with van der Waals surface area (Å²) >= 11 is 13.2. The Morgan fingerprint density at radius 1 is 1.28 bits per heavy atom. The molecule has 0 atom stereocenters. The predicted molar refractivity (Wildman–Crippen MR) is 102 cm³/mol. The van der Waals surface area contributed by atoms with Crippen LogP contribution in [0.2, 0.25) is 10.0 Å². The lowest BCUT2D eigenvalue weighted by molar-refractivity contribution is 0.102. The Balaban J connectivity index is 2.33. The number of nitrogens with one attached hydrogen (secondary N) is 1. The first-order valence-corrected chi connectivity index (χ1v) is 9.19. The van der Waals surface area contributed by atoms with E-state index in [4.69, 9.17) is 28.9 Å². The topological polar surface area (TPSA) is 97.9 Å². The van der Waals surface area contributed by atoms with Gasteiger partial charge in [-0.3, -0.25) is 19.1 Å². The average Bonchev–Trinajstić information content (AvgIpc) is 2.50. The summed E-state index contributed by atoms with van der Waals surface area (Å²) < 4.78 is 1.20. The fraction of sp³-hybridized carbons (Fsp3) is 0.312. The lowest BCUT2D eigenvalue weighted by Gasteiger charge is -2.14. The first-order valence-electron chi connectivity index (χ1n) is 7.45. The smallest absolute Gasteiger partial charge is 0.329 e. The van der Waals surface area contributed by atoms with E-state index in [-0.39, 0.29) is 23.1 Å². The molecule has 0 radical (unpaired) electrons. The van der Waals surface area contributed by atoms with Crippen molar-refractivity contribution in [2.45, 2.75) is 25.3 Å². The van der Waals surface area contributed by atoms with Gasteiger partial charge in [-0.1, -0.05) is 43.1 Å². The van der Waals surface area contributed by atoms with Crippen LogP contribution in [0.5, 0.6) is 0 Å². The minimum absolute atomic E-state index is 0.0867. The maximum Gasteiger partial charge on any atom is 0.329 e. The molecule has 1 aromatic heterocycles. The number of H-pyrrole nitrogens is 1. The zero-order valence-corrected chi connectivity index (χ0v) is 16.0. The van der Waals surface area contributed by atoms with Gasteiger partial charge in [0.2, 0.25) is 0 Å². The molecule has 0 saturated heterocycles. The van der Waals surface area contributed by atoms with E-state index >= 15 is 0 Å². The van der Waals surface area contributed by atoms with Crippen molar-refractivity contribution in [2.75, 3.05) is 11.5 Å². The number of nitrogens with zero attached hydrogens (tertiary/aromatic N) is 1. The molecule has 25 heavy (non-hydrogen) atoms. The van der Waals surface area contributed by atoms with Crippen LogP contribution < -0.4 is 17.0 Å². The normalized spacial score (nSPS) is 11.1. The first-order chi connectivity index (χ1) is 11.7. The molecule has 2 rings (SSSR count). The zero-order valence-electron chi connectivity index (χ0n) is 13.6. The molecule has 0 bridgehead atoms. The third-order valence-electron chi connectivity index (χ3n) is 3.33. The van der Waals surface area contributed by atoms with Gasteiger partial charge in [0.05, 0.1) is 15.8 Å². The molecule has 0 amide bonds. The Kier molecular flexibility index (Phi) is 6.37. The number of nitrogens with two attached hydrogens (primary N) is 1. The second-order valence-electron chi connectivity index (χ2n) is 5.79. The summed E-state index contributed by atoms with van der Waals surface area (Å²) in [4.78, 5) is 39.2. The van der Waals surface area contributed by atoms with Gasteiger partial charge in [0, 0.05) is 11.4 Å². The molecular formula is C16H17Cl2N3O3S. The maximum absolute atomic E-state index is 12.5. The van der Waals surface area contributed by atoms with Crippen LogP contribution in [0.3, 0.4) is 0 Å². The summed E-state index contributed by atoms with van der Waals surface area (Å²) in [5.41, 5.74) is 4.27. The number of nitrogen functional groups attached to an aromatic ring is 1. The Bertz CT molecular complexity index is 902. The summed E-state index contributed by atoms with van der Waals surface area (Å²) in [6.07, 6.45) is 0. The van der Waals surface area contributed by atoms with Gasteiger partial charge in [0.25, 0.3) is 5.56 Å². The summed E-state index contributed by atoms with van der Waals surface area (Å²) in [6.45, 7) is 4.09. The number of halogens is 2. The van der Waals surface area contributed by atoms with Gasteiger partial charge >= 0.3 is 5.69 Å². The molecule has 0 aliphatic rings. The number of rotatable bonds is 6. The van der Waals surface area contributed by atoms with Crippen LogP contribution in [0.25, 0.3) is 0 Å². The van der Waals surface area contributed by atoms with Crippen molar-refractivity contribution in [2.24, 2.45) is 5.92 Å². The quantitative estimate of drug-likeness (QED) is 0.572. The molecule has 0 fully saturated rings. The standard InChI is InChI=1S/C16H17Cl2N3O3S/c1-8(2)6-21-14(19)12(15(23)20-16(21)24)11(22)7-25-13-9(17)4-3-5-10(13)18/h3-5,8H,6-7,19H2,1-2H3,(H,20,23,24). The number of aromatic nitrogens is 2. The van der Waals surface area contributed by atoms with Crippen molar-refractivity contribution in [3.63, 3.8) is 0 Å². The molecule has 1 heterocycles. The highest BCUT2D eigenvalue weighted by atomic mass is 35.5. The summed E-state index contributed by atoms with van der Waals surface area (Å²) in [7, 11) is 0. The molecule has 1 aromatic carbocycles. The van der Waals surface area contributed by atoms with Crippen molar-refractivity contribution >= 4 is 46.6 Å². The number of carbonyl (C=O) groups excluding carboxylic acids is 1. The summed E-state index contributed by atoms with van der Waals surface area (Å²) in [5.74, 6) is -0.600. The highest BCUT2D eigenvalue weighted by molar-refractivity contribution is 8.00. The highest BCUT2D eigenvalue weighted by Gasteiger charge is 2.20. The molecule has 9 heteroatoms. The number of carbonyl (C=O) groups is 1. The van der Waals surface area contributed by atoms with Crippen LogP contribution in [0, 0.1) is 5.92 Å². The lowest BCUT2D eigenvalue weighted by Crippen LogP contribution is -2.37. The first kappa shape index (κ1) is 19.6. The maximum atomic E-state index is 12.5. The van der Waals surface area contributed by atoms with E-state index in [9.17, 15) is 14.4 Å². The van der Waals surface area contributed by atoms with Crippen molar-refractivity contribution in [3.05, 3.63) is 54.6 Å². The van der Waals surface area contributed by atoms with E-state index < -0.39 is 17.0 Å². The minimum atomic E-state index is -0.793. The molecule has 6 nitrogen and oxygen atoms in total. The third kappa shape index (κ3) is 4.48.